The quantitative estimate of drug-likeness (QED) is 0.740. The lowest BCUT2D eigenvalue weighted by atomic mass is 9.94. The Morgan fingerprint density at radius 1 is 1.14 bits per heavy atom. The summed E-state index contributed by atoms with van der Waals surface area (Å²) in [6.45, 7) is 3.99. The van der Waals surface area contributed by atoms with Crippen LogP contribution in [0.4, 0.5) is 10.1 Å². The van der Waals surface area contributed by atoms with Gasteiger partial charge in [-0.15, -0.1) is 0 Å². The third-order valence-electron chi connectivity index (χ3n) is 3.59. The molecule has 1 unspecified atom stereocenters. The van der Waals surface area contributed by atoms with Crippen molar-refractivity contribution in [2.75, 3.05) is 5.32 Å². The van der Waals surface area contributed by atoms with Crippen molar-refractivity contribution in [3.05, 3.63) is 57.8 Å². The number of rotatable bonds is 2. The van der Waals surface area contributed by atoms with E-state index < -0.39 is 11.4 Å². The minimum absolute atomic E-state index is 0.00462. The second-order valence-corrected chi connectivity index (χ2v) is 6.39. The van der Waals surface area contributed by atoms with Crippen molar-refractivity contribution in [3.63, 3.8) is 0 Å². The average Bonchev–Trinajstić information content (AvgIpc) is 2.67. The summed E-state index contributed by atoms with van der Waals surface area (Å²) in [4.78, 5) is 0. The molecule has 21 heavy (non-hydrogen) atoms. The third-order valence-corrected chi connectivity index (χ3v) is 4.14. The van der Waals surface area contributed by atoms with Gasteiger partial charge < -0.3 is 10.1 Å². The first kappa shape index (κ1) is 14.5. The van der Waals surface area contributed by atoms with Gasteiger partial charge in [-0.3, -0.25) is 0 Å². The molecule has 1 aliphatic rings. The fraction of sp³-hybridized carbons (Fsp3) is 0.250. The van der Waals surface area contributed by atoms with Crippen LogP contribution in [0.3, 0.4) is 0 Å². The molecule has 0 aliphatic carbocycles. The number of halogens is 3. The molecule has 1 aliphatic heterocycles. The van der Waals surface area contributed by atoms with E-state index in [4.69, 9.17) is 27.9 Å². The number of nitrogens with one attached hydrogen (secondary N) is 1. The lowest BCUT2D eigenvalue weighted by Crippen LogP contribution is -2.34. The van der Waals surface area contributed by atoms with Gasteiger partial charge in [0.05, 0.1) is 16.1 Å². The third kappa shape index (κ3) is 2.56. The predicted molar refractivity (Wildman–Crippen MR) is 83.9 cm³/mol. The fourth-order valence-electron chi connectivity index (χ4n) is 2.59. The first-order chi connectivity index (χ1) is 9.88. The van der Waals surface area contributed by atoms with Crippen LogP contribution < -0.4 is 10.1 Å². The number of hydrogen-bond donors (Lipinski definition) is 1. The van der Waals surface area contributed by atoms with Crippen LogP contribution in [0.15, 0.2) is 36.4 Å². The summed E-state index contributed by atoms with van der Waals surface area (Å²) < 4.78 is 19.5. The second kappa shape index (κ2) is 5.08. The Morgan fingerprint density at radius 3 is 2.43 bits per heavy atom. The molecule has 0 saturated carbocycles. The Kier molecular flexibility index (Phi) is 3.50. The summed E-state index contributed by atoms with van der Waals surface area (Å²) in [7, 11) is 0. The Morgan fingerprint density at radius 2 is 1.76 bits per heavy atom. The van der Waals surface area contributed by atoms with Crippen molar-refractivity contribution >= 4 is 28.9 Å². The molecule has 1 heterocycles. The number of para-hydroxylation sites is 1. The molecule has 2 aromatic carbocycles. The molecular weight excluding hydrogens is 312 g/mol. The smallest absolute Gasteiger partial charge is 0.160 e. The maximum atomic E-state index is 13.5. The van der Waals surface area contributed by atoms with Crippen LogP contribution in [0.2, 0.25) is 10.0 Å². The molecule has 0 spiro atoms. The van der Waals surface area contributed by atoms with Gasteiger partial charge in [-0.05, 0) is 32.0 Å². The van der Waals surface area contributed by atoms with Gasteiger partial charge in [0.25, 0.3) is 0 Å². The Balaban J connectivity index is 1.97. The van der Waals surface area contributed by atoms with Gasteiger partial charge in [-0.1, -0.05) is 41.4 Å². The van der Waals surface area contributed by atoms with Gasteiger partial charge in [0.15, 0.2) is 5.82 Å². The lowest BCUT2D eigenvalue weighted by molar-refractivity contribution is 0.118. The topological polar surface area (TPSA) is 21.3 Å². The van der Waals surface area contributed by atoms with Crippen LogP contribution in [-0.2, 0) is 0 Å². The highest BCUT2D eigenvalue weighted by Gasteiger charge is 2.41. The van der Waals surface area contributed by atoms with E-state index in [9.17, 15) is 4.39 Å². The van der Waals surface area contributed by atoms with Gasteiger partial charge in [-0.2, -0.15) is 0 Å². The monoisotopic (exact) mass is 325 g/mol. The standard InChI is InChI=1S/C16H14Cl2FNO/c1-16(2)15(10-5-3-4-6-13(10)21-16)20-9-7-11(17)14(19)12(18)8-9/h3-8,15,20H,1-2H3. The van der Waals surface area contributed by atoms with Crippen molar-refractivity contribution in [2.45, 2.75) is 25.5 Å². The minimum Gasteiger partial charge on any atom is -0.485 e. The van der Waals surface area contributed by atoms with Crippen molar-refractivity contribution in [2.24, 2.45) is 0 Å². The van der Waals surface area contributed by atoms with Gasteiger partial charge in [0.1, 0.15) is 11.4 Å². The van der Waals surface area contributed by atoms with Gasteiger partial charge in [0, 0.05) is 11.3 Å². The molecule has 0 bridgehead atoms. The number of anilines is 1. The zero-order valence-electron chi connectivity index (χ0n) is 11.6. The molecule has 1 N–H and O–H groups in total. The van der Waals surface area contributed by atoms with Crippen LogP contribution in [0, 0.1) is 5.82 Å². The van der Waals surface area contributed by atoms with E-state index in [1.807, 2.05) is 38.1 Å². The highest BCUT2D eigenvalue weighted by Crippen LogP contribution is 2.45. The van der Waals surface area contributed by atoms with Crippen molar-refractivity contribution < 1.29 is 9.13 Å². The van der Waals surface area contributed by atoms with Crippen molar-refractivity contribution in [1.82, 2.24) is 0 Å². The second-order valence-electron chi connectivity index (χ2n) is 5.57. The van der Waals surface area contributed by atoms with Crippen LogP contribution >= 0.6 is 23.2 Å². The van der Waals surface area contributed by atoms with Gasteiger partial charge >= 0.3 is 0 Å². The predicted octanol–water partition coefficient (Wildman–Crippen LogP) is 5.46. The van der Waals surface area contributed by atoms with Crippen molar-refractivity contribution in [3.8, 4) is 5.75 Å². The molecular formula is C16H14Cl2FNO. The molecule has 0 saturated heterocycles. The summed E-state index contributed by atoms with van der Waals surface area (Å²) in [6.07, 6.45) is 0. The largest absolute Gasteiger partial charge is 0.485 e. The highest BCUT2D eigenvalue weighted by atomic mass is 35.5. The maximum absolute atomic E-state index is 13.5. The first-order valence-electron chi connectivity index (χ1n) is 6.57. The van der Waals surface area contributed by atoms with E-state index in [0.717, 1.165) is 11.3 Å². The number of benzene rings is 2. The summed E-state index contributed by atoms with van der Waals surface area (Å²) in [5, 5.41) is 3.33. The molecule has 0 fully saturated rings. The lowest BCUT2D eigenvalue weighted by Gasteiger charge is -2.28. The molecule has 1 atom stereocenters. The van der Waals surface area contributed by atoms with E-state index in [-0.39, 0.29) is 16.1 Å². The molecule has 3 rings (SSSR count). The van der Waals surface area contributed by atoms with Crippen molar-refractivity contribution in [1.29, 1.82) is 0 Å². The summed E-state index contributed by atoms with van der Waals surface area (Å²) in [5.74, 6) is 0.241. The Labute approximate surface area is 132 Å². The van der Waals surface area contributed by atoms with E-state index in [1.165, 1.54) is 12.1 Å². The van der Waals surface area contributed by atoms with Crippen LogP contribution in [-0.4, -0.2) is 5.60 Å². The van der Waals surface area contributed by atoms with Crippen LogP contribution in [0.1, 0.15) is 25.5 Å². The molecule has 0 radical (unpaired) electrons. The van der Waals surface area contributed by atoms with E-state index in [0.29, 0.717) is 5.69 Å². The normalized spacial score (nSPS) is 19.0. The molecule has 2 nitrogen and oxygen atoms in total. The molecule has 0 aromatic heterocycles. The zero-order valence-corrected chi connectivity index (χ0v) is 13.1. The molecule has 0 amide bonds. The highest BCUT2D eigenvalue weighted by molar-refractivity contribution is 6.35. The zero-order chi connectivity index (χ0) is 15.2. The Bertz CT molecular complexity index is 679. The van der Waals surface area contributed by atoms with E-state index in [1.54, 1.807) is 0 Å². The fourth-order valence-corrected chi connectivity index (χ4v) is 3.07. The first-order valence-corrected chi connectivity index (χ1v) is 7.33. The number of ether oxygens (including phenoxy) is 1. The summed E-state index contributed by atoms with van der Waals surface area (Å²) >= 11 is 11.7. The molecule has 5 heteroatoms. The number of hydrogen-bond acceptors (Lipinski definition) is 2. The number of fused-ring (bicyclic) bond motifs is 1. The van der Waals surface area contributed by atoms with Crippen LogP contribution in [0.5, 0.6) is 5.75 Å². The SMILES string of the molecule is CC1(C)Oc2ccccc2C1Nc1cc(Cl)c(F)c(Cl)c1. The van der Waals surface area contributed by atoms with Crippen LogP contribution in [0.25, 0.3) is 0 Å². The minimum atomic E-state index is -0.605. The van der Waals surface area contributed by atoms with Gasteiger partial charge in [0.2, 0.25) is 0 Å². The maximum Gasteiger partial charge on any atom is 0.160 e. The molecule has 2 aromatic rings. The average molecular weight is 326 g/mol. The van der Waals surface area contributed by atoms with Gasteiger partial charge in [-0.25, -0.2) is 4.39 Å². The Hall–Kier alpha value is -1.45. The molecule has 110 valence electrons. The van der Waals surface area contributed by atoms with E-state index >= 15 is 0 Å². The van der Waals surface area contributed by atoms with E-state index in [2.05, 4.69) is 5.32 Å². The summed E-state index contributed by atoms with van der Waals surface area (Å²) in [6, 6.07) is 10.8. The summed E-state index contributed by atoms with van der Waals surface area (Å²) in [5.41, 5.74) is 1.28.